The van der Waals surface area contributed by atoms with Crippen molar-refractivity contribution in [1.29, 1.82) is 0 Å². The van der Waals surface area contributed by atoms with Crippen LogP contribution >= 0.6 is 23.2 Å². The summed E-state index contributed by atoms with van der Waals surface area (Å²) in [5.74, 6) is -0.511. The molecular weight excluding hydrogens is 458 g/mol. The van der Waals surface area contributed by atoms with Crippen LogP contribution in [0.1, 0.15) is 33.5 Å². The lowest BCUT2D eigenvalue weighted by Crippen LogP contribution is -2.42. The van der Waals surface area contributed by atoms with Gasteiger partial charge in [-0.1, -0.05) is 45.6 Å². The van der Waals surface area contributed by atoms with Gasteiger partial charge in [-0.05, 0) is 36.8 Å². The van der Waals surface area contributed by atoms with E-state index in [2.05, 4.69) is 20.5 Å². The fraction of sp³-hybridized carbons (Fsp3) is 0.250. The maximum absolute atomic E-state index is 14.2. The number of carbonyl (C=O) groups excluding carboxylic acids is 1. The van der Waals surface area contributed by atoms with E-state index in [1.54, 1.807) is 13.0 Å². The lowest BCUT2D eigenvalue weighted by molar-refractivity contribution is -0.275. The van der Waals surface area contributed by atoms with Crippen molar-refractivity contribution in [3.05, 3.63) is 68.7 Å². The zero-order chi connectivity index (χ0) is 22.8. The second-order valence-corrected chi connectivity index (χ2v) is 7.53. The first-order valence-corrected chi connectivity index (χ1v) is 9.59. The van der Waals surface area contributed by atoms with Gasteiger partial charge in [0, 0.05) is 33.2 Å². The minimum Gasteiger partial charge on any atom is -0.398 e. The number of rotatable bonds is 5. The Hall–Kier alpha value is -2.78. The van der Waals surface area contributed by atoms with Crippen LogP contribution in [-0.2, 0) is 15.3 Å². The normalized spacial score (nSPS) is 18.6. The molecule has 2 aromatic rings. The Kier molecular flexibility index (Phi) is 6.47. The molecule has 0 aliphatic carbocycles. The summed E-state index contributed by atoms with van der Waals surface area (Å²) in [4.78, 5) is 21.8. The van der Waals surface area contributed by atoms with Crippen LogP contribution < -0.4 is 5.32 Å². The summed E-state index contributed by atoms with van der Waals surface area (Å²) in [5.41, 5.74) is -1.99. The lowest BCUT2D eigenvalue weighted by atomic mass is 9.85. The van der Waals surface area contributed by atoms with Crippen molar-refractivity contribution < 1.29 is 27.6 Å². The maximum Gasteiger partial charge on any atom is 0.435 e. The highest BCUT2D eigenvalue weighted by atomic mass is 35.5. The molecule has 3 rings (SSSR count). The van der Waals surface area contributed by atoms with Crippen LogP contribution in [0.5, 0.6) is 0 Å². The van der Waals surface area contributed by atoms with Crippen molar-refractivity contribution >= 4 is 41.2 Å². The molecule has 0 spiro atoms. The SMILES string of the molecule is CON=CNC(=O)c1cccc(C2=NOC(c3cc(Cl)cc(Cl)c3)(C(F)(F)F)C2)c1C. The Morgan fingerprint density at radius 3 is 2.58 bits per heavy atom. The van der Waals surface area contributed by atoms with Gasteiger partial charge in [-0.15, -0.1) is 0 Å². The predicted molar refractivity (Wildman–Crippen MR) is 111 cm³/mol. The molecule has 1 N–H and O–H groups in total. The van der Waals surface area contributed by atoms with E-state index in [9.17, 15) is 18.0 Å². The average molecular weight is 474 g/mol. The Balaban J connectivity index is 1.98. The first-order chi connectivity index (χ1) is 14.6. The first-order valence-electron chi connectivity index (χ1n) is 8.83. The van der Waals surface area contributed by atoms with E-state index >= 15 is 0 Å². The van der Waals surface area contributed by atoms with E-state index in [4.69, 9.17) is 28.0 Å². The van der Waals surface area contributed by atoms with E-state index < -0.39 is 24.1 Å². The third-order valence-electron chi connectivity index (χ3n) is 4.76. The highest BCUT2D eigenvalue weighted by Gasteiger charge is 2.62. The molecule has 0 saturated carbocycles. The Labute approximate surface area is 185 Å². The van der Waals surface area contributed by atoms with Gasteiger partial charge < -0.3 is 15.0 Å². The van der Waals surface area contributed by atoms with Gasteiger partial charge in [0.2, 0.25) is 0 Å². The highest BCUT2D eigenvalue weighted by molar-refractivity contribution is 6.34. The van der Waals surface area contributed by atoms with Crippen molar-refractivity contribution in [2.75, 3.05) is 7.11 Å². The van der Waals surface area contributed by atoms with Crippen molar-refractivity contribution in [1.82, 2.24) is 5.32 Å². The summed E-state index contributed by atoms with van der Waals surface area (Å²) in [6.45, 7) is 1.60. The van der Waals surface area contributed by atoms with E-state index in [0.29, 0.717) is 11.1 Å². The van der Waals surface area contributed by atoms with Gasteiger partial charge in [-0.25, -0.2) is 0 Å². The van der Waals surface area contributed by atoms with E-state index in [0.717, 1.165) is 18.5 Å². The zero-order valence-corrected chi connectivity index (χ0v) is 17.8. The molecular formula is C20H16Cl2F3N3O3. The number of nitrogens with one attached hydrogen (secondary N) is 1. The number of oxime groups is 2. The van der Waals surface area contributed by atoms with Gasteiger partial charge in [-0.3, -0.25) is 4.79 Å². The fourth-order valence-electron chi connectivity index (χ4n) is 3.24. The molecule has 1 unspecified atom stereocenters. The lowest BCUT2D eigenvalue weighted by Gasteiger charge is -2.29. The molecule has 1 aliphatic heterocycles. The van der Waals surface area contributed by atoms with Gasteiger partial charge >= 0.3 is 6.18 Å². The summed E-state index contributed by atoms with van der Waals surface area (Å²) < 4.78 is 42.5. The van der Waals surface area contributed by atoms with Gasteiger partial charge in [0.1, 0.15) is 13.4 Å². The standard InChI is InChI=1S/C20H16Cl2F3N3O3/c1-11-15(4-3-5-16(11)18(29)26-10-27-30-2)17-9-19(31-28-17,20(23,24)25)12-6-13(21)8-14(22)7-12/h3-8,10H,9H2,1-2H3,(H,26,27,29). The second-order valence-electron chi connectivity index (χ2n) is 6.66. The van der Waals surface area contributed by atoms with Gasteiger partial charge in [0.05, 0.1) is 5.71 Å². The molecule has 1 atom stereocenters. The molecule has 11 heteroatoms. The van der Waals surface area contributed by atoms with Crippen LogP contribution in [0.3, 0.4) is 0 Å². The zero-order valence-electron chi connectivity index (χ0n) is 16.3. The van der Waals surface area contributed by atoms with E-state index in [1.165, 1.54) is 25.3 Å². The van der Waals surface area contributed by atoms with Crippen molar-refractivity contribution in [3.63, 3.8) is 0 Å². The van der Waals surface area contributed by atoms with Crippen LogP contribution in [0.25, 0.3) is 0 Å². The van der Waals surface area contributed by atoms with Crippen LogP contribution in [-0.4, -0.2) is 31.2 Å². The predicted octanol–water partition coefficient (Wildman–Crippen LogP) is 5.20. The van der Waals surface area contributed by atoms with Crippen LogP contribution in [0.4, 0.5) is 13.2 Å². The molecule has 2 aromatic carbocycles. The largest absolute Gasteiger partial charge is 0.435 e. The highest BCUT2D eigenvalue weighted by Crippen LogP contribution is 2.49. The van der Waals surface area contributed by atoms with Gasteiger partial charge in [0.15, 0.2) is 0 Å². The summed E-state index contributed by atoms with van der Waals surface area (Å²) in [5, 5.41) is 9.62. The molecule has 1 amide bonds. The first kappa shape index (κ1) is 22.9. The number of alkyl halides is 3. The summed E-state index contributed by atoms with van der Waals surface area (Å²) in [6.07, 6.45) is -4.38. The molecule has 0 saturated heterocycles. The molecule has 0 radical (unpaired) electrons. The van der Waals surface area contributed by atoms with Gasteiger partial charge in [0.25, 0.3) is 11.5 Å². The van der Waals surface area contributed by atoms with Crippen molar-refractivity contribution in [2.45, 2.75) is 25.1 Å². The number of hydrogen-bond acceptors (Lipinski definition) is 5. The van der Waals surface area contributed by atoms with Crippen LogP contribution in [0.2, 0.25) is 10.0 Å². The molecule has 1 aliphatic rings. The third-order valence-corrected chi connectivity index (χ3v) is 5.19. The van der Waals surface area contributed by atoms with Crippen molar-refractivity contribution in [3.8, 4) is 0 Å². The molecule has 6 nitrogen and oxygen atoms in total. The second kappa shape index (κ2) is 8.76. The van der Waals surface area contributed by atoms with Gasteiger partial charge in [-0.2, -0.15) is 13.2 Å². The molecule has 1 heterocycles. The maximum atomic E-state index is 14.2. The smallest absolute Gasteiger partial charge is 0.398 e. The minimum atomic E-state index is -4.81. The number of benzene rings is 2. The molecule has 0 fully saturated rings. The number of carbonyl (C=O) groups is 1. The van der Waals surface area contributed by atoms with E-state index in [1.807, 2.05) is 0 Å². The number of hydrogen-bond donors (Lipinski definition) is 1. The summed E-state index contributed by atoms with van der Waals surface area (Å²) >= 11 is 11.8. The quantitative estimate of drug-likeness (QED) is 0.368. The molecule has 0 aromatic heterocycles. The Morgan fingerprint density at radius 2 is 1.97 bits per heavy atom. The monoisotopic (exact) mass is 473 g/mol. The Morgan fingerprint density at radius 1 is 1.29 bits per heavy atom. The number of halogens is 5. The fourth-order valence-corrected chi connectivity index (χ4v) is 3.77. The third kappa shape index (κ3) is 4.47. The van der Waals surface area contributed by atoms with Crippen molar-refractivity contribution in [2.24, 2.45) is 10.3 Å². The van der Waals surface area contributed by atoms with Crippen LogP contribution in [0, 0.1) is 6.92 Å². The number of nitrogens with zero attached hydrogens (tertiary/aromatic N) is 2. The van der Waals surface area contributed by atoms with Crippen LogP contribution in [0.15, 0.2) is 46.7 Å². The van der Waals surface area contributed by atoms with E-state index in [-0.39, 0.29) is 26.9 Å². The number of amides is 1. The minimum absolute atomic E-state index is 0.0335. The average Bonchev–Trinajstić information content (AvgIpc) is 3.14. The molecule has 31 heavy (non-hydrogen) atoms. The topological polar surface area (TPSA) is 72.3 Å². The summed E-state index contributed by atoms with van der Waals surface area (Å²) in [7, 11) is 1.31. The molecule has 0 bridgehead atoms. The molecule has 164 valence electrons. The Bertz CT molecular complexity index is 1050. The summed E-state index contributed by atoms with van der Waals surface area (Å²) in [6, 6.07) is 8.24.